The topological polar surface area (TPSA) is 3.24 Å². The number of allylic oxidation sites excluding steroid dienone is 4. The molecule has 1 unspecified atom stereocenters. The Morgan fingerprint density at radius 3 is 1.83 bits per heavy atom. The van der Waals surface area contributed by atoms with Gasteiger partial charge in [-0.3, -0.25) is 0 Å². The molecule has 0 fully saturated rings. The van der Waals surface area contributed by atoms with Crippen molar-refractivity contribution in [1.82, 2.24) is 0 Å². The molecule has 1 heterocycles. The van der Waals surface area contributed by atoms with Crippen LogP contribution in [-0.2, 0) is 10.8 Å². The molecule has 41 heavy (non-hydrogen) atoms. The van der Waals surface area contributed by atoms with Gasteiger partial charge in [0.25, 0.3) is 0 Å². The minimum atomic E-state index is -0.293. The van der Waals surface area contributed by atoms with E-state index in [1.165, 1.54) is 72.7 Å². The van der Waals surface area contributed by atoms with Gasteiger partial charge in [0.2, 0.25) is 0 Å². The lowest BCUT2D eigenvalue weighted by Crippen LogP contribution is -2.31. The van der Waals surface area contributed by atoms with Crippen LogP contribution in [0, 0.1) is 0 Å². The summed E-state index contributed by atoms with van der Waals surface area (Å²) in [6, 6.07) is 43.4. The van der Waals surface area contributed by atoms with Crippen molar-refractivity contribution in [2.45, 2.75) is 37.5 Å². The molecule has 3 aliphatic carbocycles. The fourth-order valence-electron chi connectivity index (χ4n) is 8.45. The van der Waals surface area contributed by atoms with Crippen molar-refractivity contribution < 1.29 is 0 Å². The molecule has 1 nitrogen and oxygen atoms in total. The van der Waals surface area contributed by atoms with Gasteiger partial charge in [-0.2, -0.15) is 0 Å². The summed E-state index contributed by atoms with van der Waals surface area (Å²) in [6.07, 6.45) is 7.03. The first-order valence-corrected chi connectivity index (χ1v) is 14.9. The minimum absolute atomic E-state index is 0.0745. The molecule has 0 radical (unpaired) electrons. The molecule has 5 aromatic rings. The van der Waals surface area contributed by atoms with Crippen LogP contribution >= 0.6 is 0 Å². The number of rotatable bonds is 1. The quantitative estimate of drug-likeness (QED) is 0.210. The van der Waals surface area contributed by atoms with Crippen LogP contribution in [0.1, 0.15) is 60.1 Å². The van der Waals surface area contributed by atoms with E-state index >= 15 is 0 Å². The Balaban J connectivity index is 1.36. The SMILES string of the molecule is CC1(C)c2ccccc2N(c2ccc3c(c2)C2(C4=C(CCC=C4)c4ccccc42)c2ccccc2-3)c2ccccc21. The molecular weight excluding hydrogens is 494 g/mol. The summed E-state index contributed by atoms with van der Waals surface area (Å²) in [5.74, 6) is 0. The summed E-state index contributed by atoms with van der Waals surface area (Å²) in [5.41, 5.74) is 17.5. The zero-order chi connectivity index (χ0) is 27.3. The molecule has 0 N–H and O–H groups in total. The van der Waals surface area contributed by atoms with E-state index in [1.54, 1.807) is 0 Å². The van der Waals surface area contributed by atoms with Gasteiger partial charge in [-0.25, -0.2) is 0 Å². The number of benzene rings is 5. The van der Waals surface area contributed by atoms with Gasteiger partial charge < -0.3 is 4.90 Å². The highest BCUT2D eigenvalue weighted by molar-refractivity contribution is 5.97. The van der Waals surface area contributed by atoms with Gasteiger partial charge >= 0.3 is 0 Å². The molecular formula is C40H31N. The Bertz CT molecular complexity index is 1940. The van der Waals surface area contributed by atoms with Crippen LogP contribution in [0.3, 0.4) is 0 Å². The second-order valence-corrected chi connectivity index (χ2v) is 12.4. The molecule has 196 valence electrons. The molecule has 0 bridgehead atoms. The van der Waals surface area contributed by atoms with Crippen LogP contribution in [0.15, 0.2) is 133 Å². The molecule has 0 amide bonds. The number of para-hydroxylation sites is 2. The summed E-state index contributed by atoms with van der Waals surface area (Å²) in [5, 5.41) is 0. The lowest BCUT2D eigenvalue weighted by Gasteiger charge is -2.42. The maximum atomic E-state index is 2.51. The van der Waals surface area contributed by atoms with Crippen LogP contribution in [0.25, 0.3) is 16.7 Å². The van der Waals surface area contributed by atoms with Crippen molar-refractivity contribution in [1.29, 1.82) is 0 Å². The maximum absolute atomic E-state index is 2.51. The van der Waals surface area contributed by atoms with Crippen LogP contribution in [0.5, 0.6) is 0 Å². The van der Waals surface area contributed by atoms with Crippen molar-refractivity contribution in [2.24, 2.45) is 0 Å². The minimum Gasteiger partial charge on any atom is -0.310 e. The van der Waals surface area contributed by atoms with Gasteiger partial charge in [0, 0.05) is 11.1 Å². The highest BCUT2D eigenvalue weighted by Gasteiger charge is 2.52. The first-order valence-electron chi connectivity index (χ1n) is 14.9. The number of fused-ring (bicyclic) bond motifs is 11. The van der Waals surface area contributed by atoms with Gasteiger partial charge in [0.15, 0.2) is 0 Å². The summed E-state index contributed by atoms with van der Waals surface area (Å²) in [6.45, 7) is 4.71. The lowest BCUT2D eigenvalue weighted by atomic mass is 9.69. The first kappa shape index (κ1) is 23.1. The summed E-state index contributed by atoms with van der Waals surface area (Å²) >= 11 is 0. The third-order valence-corrected chi connectivity index (χ3v) is 10.2. The third-order valence-electron chi connectivity index (χ3n) is 10.2. The predicted octanol–water partition coefficient (Wildman–Crippen LogP) is 10.2. The number of nitrogens with zero attached hydrogens (tertiary/aromatic N) is 1. The molecule has 1 atom stereocenters. The molecule has 0 saturated carbocycles. The van der Waals surface area contributed by atoms with Gasteiger partial charge in [-0.1, -0.05) is 117 Å². The Hall–Kier alpha value is -4.62. The smallest absolute Gasteiger partial charge is 0.0722 e. The Labute approximate surface area is 242 Å². The van der Waals surface area contributed by atoms with E-state index in [1.807, 2.05) is 0 Å². The highest BCUT2D eigenvalue weighted by Crippen LogP contribution is 2.64. The molecule has 9 rings (SSSR count). The Morgan fingerprint density at radius 2 is 1.12 bits per heavy atom. The van der Waals surface area contributed by atoms with Crippen molar-refractivity contribution in [3.8, 4) is 11.1 Å². The van der Waals surface area contributed by atoms with Crippen LogP contribution < -0.4 is 4.90 Å². The molecule has 4 aliphatic rings. The lowest BCUT2D eigenvalue weighted by molar-refractivity contribution is 0.632. The predicted molar refractivity (Wildman–Crippen MR) is 170 cm³/mol. The zero-order valence-electron chi connectivity index (χ0n) is 23.5. The van der Waals surface area contributed by atoms with E-state index in [4.69, 9.17) is 0 Å². The van der Waals surface area contributed by atoms with Gasteiger partial charge in [0.1, 0.15) is 0 Å². The Kier molecular flexibility index (Phi) is 4.50. The second-order valence-electron chi connectivity index (χ2n) is 12.4. The van der Waals surface area contributed by atoms with Gasteiger partial charge in [-0.05, 0) is 92.8 Å². The average molecular weight is 526 g/mol. The van der Waals surface area contributed by atoms with E-state index < -0.39 is 0 Å². The molecule has 5 aromatic carbocycles. The molecule has 1 spiro atoms. The summed E-state index contributed by atoms with van der Waals surface area (Å²) < 4.78 is 0. The number of anilines is 3. The normalized spacial score (nSPS) is 20.3. The second kappa shape index (κ2) is 7.98. The average Bonchev–Trinajstić information content (AvgIpc) is 3.49. The Morgan fingerprint density at radius 1 is 0.561 bits per heavy atom. The largest absolute Gasteiger partial charge is 0.310 e. The first-order chi connectivity index (χ1) is 20.1. The van der Waals surface area contributed by atoms with Crippen LogP contribution in [0.2, 0.25) is 0 Å². The fraction of sp³-hybridized carbons (Fsp3) is 0.150. The van der Waals surface area contributed by atoms with E-state index in [-0.39, 0.29) is 10.8 Å². The molecule has 1 heteroatoms. The highest BCUT2D eigenvalue weighted by atomic mass is 15.2. The zero-order valence-corrected chi connectivity index (χ0v) is 23.5. The standard InChI is InChI=1S/C40H31N/c1-39(2)34-19-9-11-21-37(34)41(38-22-12-10-20-35(38)39)26-23-24-30-29-15-5-8-18-33(29)40(36(30)25-26)31-16-6-3-13-27(31)28-14-4-7-17-32(28)40/h3,5-13,15-25H,4,14H2,1-2H3. The van der Waals surface area contributed by atoms with E-state index in [0.717, 1.165) is 12.8 Å². The van der Waals surface area contributed by atoms with Crippen molar-refractivity contribution in [3.05, 3.63) is 166 Å². The van der Waals surface area contributed by atoms with Gasteiger partial charge in [-0.15, -0.1) is 0 Å². The van der Waals surface area contributed by atoms with E-state index in [9.17, 15) is 0 Å². The molecule has 0 aromatic heterocycles. The number of hydrogen-bond donors (Lipinski definition) is 0. The van der Waals surface area contributed by atoms with Crippen LogP contribution in [-0.4, -0.2) is 0 Å². The van der Waals surface area contributed by atoms with Crippen LogP contribution in [0.4, 0.5) is 17.1 Å². The third kappa shape index (κ3) is 2.77. The molecule has 1 aliphatic heterocycles. The van der Waals surface area contributed by atoms with Crippen molar-refractivity contribution in [2.75, 3.05) is 4.90 Å². The fourth-order valence-corrected chi connectivity index (χ4v) is 8.45. The van der Waals surface area contributed by atoms with Crippen molar-refractivity contribution >= 4 is 22.6 Å². The van der Waals surface area contributed by atoms with Crippen molar-refractivity contribution in [3.63, 3.8) is 0 Å². The summed E-state index contributed by atoms with van der Waals surface area (Å²) in [7, 11) is 0. The van der Waals surface area contributed by atoms with Gasteiger partial charge in [0.05, 0.1) is 16.8 Å². The monoisotopic (exact) mass is 525 g/mol. The van der Waals surface area contributed by atoms with E-state index in [2.05, 4.69) is 146 Å². The summed E-state index contributed by atoms with van der Waals surface area (Å²) in [4.78, 5) is 2.50. The number of hydrogen-bond acceptors (Lipinski definition) is 1. The van der Waals surface area contributed by atoms with E-state index in [0.29, 0.717) is 0 Å². The molecule has 0 saturated heterocycles. The maximum Gasteiger partial charge on any atom is 0.0722 e.